The van der Waals surface area contributed by atoms with E-state index in [0.717, 1.165) is 51.9 Å². The molecule has 1 aliphatic carbocycles. The van der Waals surface area contributed by atoms with Crippen LogP contribution in [0.25, 0.3) is 0 Å². The number of aliphatic hydroxyl groups is 1. The molecule has 0 bridgehead atoms. The fraction of sp³-hybridized carbons (Fsp3) is 0.933. The molecule has 5 nitrogen and oxygen atoms in total. The Morgan fingerprint density at radius 3 is 2.25 bits per heavy atom. The summed E-state index contributed by atoms with van der Waals surface area (Å²) in [6.07, 6.45) is 4.08. The monoisotopic (exact) mass is 281 g/mol. The van der Waals surface area contributed by atoms with Crippen molar-refractivity contribution in [3.63, 3.8) is 0 Å². The number of aliphatic hydroxyl groups excluding tert-OH is 1. The highest BCUT2D eigenvalue weighted by Gasteiger charge is 2.39. The van der Waals surface area contributed by atoms with Gasteiger partial charge < -0.3 is 14.9 Å². The predicted octanol–water partition coefficient (Wildman–Crippen LogP) is -0.00590. The van der Waals surface area contributed by atoms with E-state index in [1.165, 1.54) is 0 Å². The Morgan fingerprint density at radius 2 is 1.75 bits per heavy atom. The summed E-state index contributed by atoms with van der Waals surface area (Å²) in [6.45, 7) is 3.54. The van der Waals surface area contributed by atoms with Crippen molar-refractivity contribution in [2.45, 2.75) is 43.9 Å². The third kappa shape index (κ3) is 2.85. The molecule has 1 N–H and O–H groups in total. The summed E-state index contributed by atoms with van der Waals surface area (Å²) in [7, 11) is 4.07. The van der Waals surface area contributed by atoms with E-state index in [-0.39, 0.29) is 12.1 Å². The van der Waals surface area contributed by atoms with E-state index in [0.29, 0.717) is 17.9 Å². The molecule has 0 aromatic rings. The van der Waals surface area contributed by atoms with Crippen LogP contribution in [0.15, 0.2) is 0 Å². The van der Waals surface area contributed by atoms with Crippen LogP contribution in [0.2, 0.25) is 0 Å². The van der Waals surface area contributed by atoms with Crippen LogP contribution in [0.5, 0.6) is 0 Å². The van der Waals surface area contributed by atoms with Crippen molar-refractivity contribution in [1.82, 2.24) is 14.7 Å². The molecule has 3 fully saturated rings. The average molecular weight is 281 g/mol. The Balaban J connectivity index is 1.50. The van der Waals surface area contributed by atoms with Crippen molar-refractivity contribution in [3.8, 4) is 0 Å². The number of β-amino-alcohol motifs (C(OH)–C–C–N with tert-alkyl or cyclic N) is 1. The smallest absolute Gasteiger partial charge is 0.225 e. The molecule has 2 atom stereocenters. The predicted molar refractivity (Wildman–Crippen MR) is 77.4 cm³/mol. The lowest BCUT2D eigenvalue weighted by atomic mass is 10.0. The van der Waals surface area contributed by atoms with Gasteiger partial charge in [0.05, 0.1) is 6.10 Å². The van der Waals surface area contributed by atoms with E-state index in [2.05, 4.69) is 14.7 Å². The second-order valence-corrected chi connectivity index (χ2v) is 6.88. The maximum absolute atomic E-state index is 12.0. The molecule has 20 heavy (non-hydrogen) atoms. The lowest BCUT2D eigenvalue weighted by Gasteiger charge is -2.37. The first-order valence-corrected chi connectivity index (χ1v) is 7.93. The standard InChI is InChI=1S/C15H27N3O2/c1-16(2)13-9-18(10-14(13)19)12-5-7-17(8-6-12)15(20)11-3-4-11/h11-14,19H,3-10H2,1-2H3/t13-,14-/m0/s1. The van der Waals surface area contributed by atoms with E-state index in [1.54, 1.807) is 0 Å². The first kappa shape index (κ1) is 14.3. The number of hydrogen-bond acceptors (Lipinski definition) is 4. The Kier molecular flexibility index (Phi) is 4.02. The SMILES string of the molecule is CN(C)[C@H]1CN(C2CCN(C(=O)C3CC3)CC2)C[C@@H]1O. The van der Waals surface area contributed by atoms with Gasteiger partial charge in [0.25, 0.3) is 0 Å². The van der Waals surface area contributed by atoms with Crippen LogP contribution in [-0.4, -0.2) is 84.2 Å². The largest absolute Gasteiger partial charge is 0.390 e. The summed E-state index contributed by atoms with van der Waals surface area (Å²) in [6, 6.07) is 0.791. The summed E-state index contributed by atoms with van der Waals surface area (Å²) in [5.41, 5.74) is 0. The first-order chi connectivity index (χ1) is 9.56. The number of piperidine rings is 1. The average Bonchev–Trinajstić information content (AvgIpc) is 3.20. The highest BCUT2D eigenvalue weighted by molar-refractivity contribution is 5.81. The number of carbonyl (C=O) groups is 1. The molecule has 0 unspecified atom stereocenters. The molecule has 0 aromatic carbocycles. The minimum atomic E-state index is -0.240. The number of likely N-dealkylation sites (tertiary alicyclic amines) is 2. The van der Waals surface area contributed by atoms with Crippen molar-refractivity contribution < 1.29 is 9.90 Å². The van der Waals surface area contributed by atoms with Crippen LogP contribution in [0.4, 0.5) is 0 Å². The van der Waals surface area contributed by atoms with Crippen LogP contribution in [0, 0.1) is 5.92 Å². The van der Waals surface area contributed by atoms with Gasteiger partial charge in [-0.1, -0.05) is 0 Å². The quantitative estimate of drug-likeness (QED) is 0.791. The summed E-state index contributed by atoms with van der Waals surface area (Å²) in [4.78, 5) is 18.7. The van der Waals surface area contributed by atoms with E-state index < -0.39 is 0 Å². The maximum atomic E-state index is 12.0. The van der Waals surface area contributed by atoms with E-state index in [9.17, 15) is 9.90 Å². The Hall–Kier alpha value is -0.650. The minimum absolute atomic E-state index is 0.240. The fourth-order valence-corrected chi connectivity index (χ4v) is 3.64. The molecular formula is C15H27N3O2. The highest BCUT2D eigenvalue weighted by Crippen LogP contribution is 2.32. The second kappa shape index (κ2) is 5.62. The van der Waals surface area contributed by atoms with Gasteiger partial charge in [0.1, 0.15) is 0 Å². The van der Waals surface area contributed by atoms with Gasteiger partial charge in [-0.05, 0) is 39.8 Å². The molecule has 2 aliphatic heterocycles. The van der Waals surface area contributed by atoms with Gasteiger partial charge in [-0.3, -0.25) is 9.69 Å². The molecule has 114 valence electrons. The van der Waals surface area contributed by atoms with Crippen molar-refractivity contribution in [2.75, 3.05) is 40.3 Å². The molecule has 3 aliphatic rings. The van der Waals surface area contributed by atoms with E-state index in [1.807, 2.05) is 14.1 Å². The molecule has 0 radical (unpaired) electrons. The zero-order chi connectivity index (χ0) is 14.3. The second-order valence-electron chi connectivity index (χ2n) is 6.88. The zero-order valence-electron chi connectivity index (χ0n) is 12.7. The normalized spacial score (nSPS) is 33.1. The lowest BCUT2D eigenvalue weighted by molar-refractivity contribution is -0.134. The summed E-state index contributed by atoms with van der Waals surface area (Å²) < 4.78 is 0. The van der Waals surface area contributed by atoms with Crippen LogP contribution in [0.1, 0.15) is 25.7 Å². The number of nitrogens with zero attached hydrogens (tertiary/aromatic N) is 3. The third-order valence-corrected chi connectivity index (χ3v) is 5.17. The van der Waals surface area contributed by atoms with Crippen molar-refractivity contribution in [2.24, 2.45) is 5.92 Å². The number of rotatable bonds is 3. The van der Waals surface area contributed by atoms with Crippen LogP contribution < -0.4 is 0 Å². The van der Waals surface area contributed by atoms with E-state index >= 15 is 0 Å². The Labute approximate surface area is 121 Å². The molecular weight excluding hydrogens is 254 g/mol. The van der Waals surface area contributed by atoms with Gasteiger partial charge in [0.2, 0.25) is 5.91 Å². The Bertz CT molecular complexity index is 362. The molecule has 2 heterocycles. The lowest BCUT2D eigenvalue weighted by Crippen LogP contribution is -2.47. The van der Waals surface area contributed by atoms with Crippen molar-refractivity contribution >= 4 is 5.91 Å². The summed E-state index contributed by atoms with van der Waals surface area (Å²) >= 11 is 0. The first-order valence-electron chi connectivity index (χ1n) is 7.93. The maximum Gasteiger partial charge on any atom is 0.225 e. The van der Waals surface area contributed by atoms with Gasteiger partial charge in [-0.15, -0.1) is 0 Å². The van der Waals surface area contributed by atoms with Gasteiger partial charge in [0.15, 0.2) is 0 Å². The number of amides is 1. The summed E-state index contributed by atoms with van der Waals surface area (Å²) in [5, 5.41) is 10.1. The van der Waals surface area contributed by atoms with Gasteiger partial charge in [0, 0.05) is 44.2 Å². The molecule has 3 rings (SSSR count). The van der Waals surface area contributed by atoms with Crippen molar-refractivity contribution in [1.29, 1.82) is 0 Å². The van der Waals surface area contributed by atoms with Gasteiger partial charge >= 0.3 is 0 Å². The highest BCUT2D eigenvalue weighted by atomic mass is 16.3. The zero-order valence-corrected chi connectivity index (χ0v) is 12.7. The minimum Gasteiger partial charge on any atom is -0.390 e. The molecule has 0 spiro atoms. The van der Waals surface area contributed by atoms with Crippen molar-refractivity contribution in [3.05, 3.63) is 0 Å². The van der Waals surface area contributed by atoms with Crippen LogP contribution in [-0.2, 0) is 4.79 Å². The van der Waals surface area contributed by atoms with Crippen LogP contribution >= 0.6 is 0 Å². The Morgan fingerprint density at radius 1 is 1.10 bits per heavy atom. The molecule has 0 aromatic heterocycles. The number of hydrogen-bond donors (Lipinski definition) is 1. The molecule has 1 amide bonds. The van der Waals surface area contributed by atoms with Crippen LogP contribution in [0.3, 0.4) is 0 Å². The van der Waals surface area contributed by atoms with Gasteiger partial charge in [-0.25, -0.2) is 0 Å². The van der Waals surface area contributed by atoms with Gasteiger partial charge in [-0.2, -0.15) is 0 Å². The summed E-state index contributed by atoms with van der Waals surface area (Å²) in [5.74, 6) is 0.731. The molecule has 2 saturated heterocycles. The fourth-order valence-electron chi connectivity index (χ4n) is 3.64. The number of likely N-dealkylation sites (N-methyl/N-ethyl adjacent to an activating group) is 1. The topological polar surface area (TPSA) is 47.0 Å². The van der Waals surface area contributed by atoms with E-state index in [4.69, 9.17) is 0 Å². The number of carbonyl (C=O) groups excluding carboxylic acids is 1. The molecule has 5 heteroatoms. The third-order valence-electron chi connectivity index (χ3n) is 5.17. The molecule has 1 saturated carbocycles.